The van der Waals surface area contributed by atoms with E-state index in [0.717, 1.165) is 47.9 Å². The lowest BCUT2D eigenvalue weighted by molar-refractivity contribution is 0.713. The van der Waals surface area contributed by atoms with E-state index in [9.17, 15) is 0 Å². The van der Waals surface area contributed by atoms with E-state index in [1.807, 2.05) is 6.92 Å². The lowest BCUT2D eigenvalue weighted by Crippen LogP contribution is -2.31. The number of hydrogen-bond acceptors (Lipinski definition) is 4. The fourth-order valence-corrected chi connectivity index (χ4v) is 3.23. The van der Waals surface area contributed by atoms with E-state index in [1.165, 1.54) is 11.1 Å². The maximum atomic E-state index is 4.73. The molecule has 2 aromatic rings. The largest absolute Gasteiger partial charge is 0.352 e. The molecule has 0 fully saturated rings. The number of rotatable bonds is 4. The Hall–Kier alpha value is -1.62. The summed E-state index contributed by atoms with van der Waals surface area (Å²) in [6.07, 6.45) is 2.11. The lowest BCUT2D eigenvalue weighted by Gasteiger charge is -2.30. The van der Waals surface area contributed by atoms with Crippen molar-refractivity contribution in [3.05, 3.63) is 45.6 Å². The fraction of sp³-hybridized carbons (Fsp3) is 0.444. The fourth-order valence-electron chi connectivity index (χ4n) is 2.82. The van der Waals surface area contributed by atoms with Crippen molar-refractivity contribution in [1.29, 1.82) is 0 Å². The molecule has 4 nitrogen and oxygen atoms in total. The monoisotopic (exact) mass is 374 g/mol. The zero-order chi connectivity index (χ0) is 16.4. The topological polar surface area (TPSA) is 41.1 Å². The maximum absolute atomic E-state index is 4.73. The quantitative estimate of drug-likeness (QED) is 0.864. The van der Waals surface area contributed by atoms with E-state index in [2.05, 4.69) is 69.2 Å². The van der Waals surface area contributed by atoms with Gasteiger partial charge in [0.2, 0.25) is 5.95 Å². The Bertz CT molecular complexity index is 701. The molecular weight excluding hydrogens is 352 g/mol. The molecule has 0 saturated heterocycles. The maximum Gasteiger partial charge on any atom is 0.225 e. The normalized spacial score (nSPS) is 15.2. The average molecular weight is 375 g/mol. The third kappa shape index (κ3) is 3.83. The van der Waals surface area contributed by atoms with E-state index >= 15 is 0 Å². The van der Waals surface area contributed by atoms with E-state index in [4.69, 9.17) is 4.98 Å². The van der Waals surface area contributed by atoms with Gasteiger partial charge in [0.05, 0.1) is 0 Å². The van der Waals surface area contributed by atoms with Gasteiger partial charge < -0.3 is 10.2 Å². The number of fused-ring (bicyclic) bond motifs is 1. The zero-order valence-electron chi connectivity index (χ0n) is 13.9. The molecule has 1 atom stereocenters. The van der Waals surface area contributed by atoms with Crippen LogP contribution in [0.25, 0.3) is 0 Å². The van der Waals surface area contributed by atoms with Crippen LogP contribution in [0.4, 0.5) is 11.8 Å². The zero-order valence-corrected chi connectivity index (χ0v) is 15.5. The number of aromatic nitrogens is 2. The number of anilines is 2. The predicted octanol–water partition coefficient (Wildman–Crippen LogP) is 4.32. The molecule has 0 bridgehead atoms. The third-order valence-corrected chi connectivity index (χ3v) is 4.83. The van der Waals surface area contributed by atoms with Crippen molar-refractivity contribution in [3.63, 3.8) is 0 Å². The van der Waals surface area contributed by atoms with Gasteiger partial charge in [-0.1, -0.05) is 28.9 Å². The van der Waals surface area contributed by atoms with Crippen LogP contribution in [0.1, 0.15) is 37.1 Å². The number of nitrogens with one attached hydrogen (secondary N) is 1. The highest BCUT2D eigenvalue weighted by Gasteiger charge is 2.19. The second kappa shape index (κ2) is 6.87. The number of benzene rings is 1. The van der Waals surface area contributed by atoms with Gasteiger partial charge in [0, 0.05) is 35.4 Å². The smallest absolute Gasteiger partial charge is 0.225 e. The van der Waals surface area contributed by atoms with E-state index < -0.39 is 0 Å². The Balaban J connectivity index is 1.84. The van der Waals surface area contributed by atoms with E-state index in [1.54, 1.807) is 0 Å². The first-order valence-electron chi connectivity index (χ1n) is 8.19. The molecule has 1 aliphatic heterocycles. The molecular formula is C18H23BrN4. The molecule has 1 aromatic heterocycles. The first-order chi connectivity index (χ1) is 11.0. The van der Waals surface area contributed by atoms with Crippen molar-refractivity contribution >= 4 is 27.7 Å². The summed E-state index contributed by atoms with van der Waals surface area (Å²) >= 11 is 3.57. The first-order valence-corrected chi connectivity index (χ1v) is 8.99. The van der Waals surface area contributed by atoms with Gasteiger partial charge in [-0.2, -0.15) is 4.98 Å². The van der Waals surface area contributed by atoms with Crippen molar-refractivity contribution in [1.82, 2.24) is 9.97 Å². The summed E-state index contributed by atoms with van der Waals surface area (Å²) in [5.41, 5.74) is 3.81. The molecule has 23 heavy (non-hydrogen) atoms. The van der Waals surface area contributed by atoms with Crippen LogP contribution >= 0.6 is 15.9 Å². The molecule has 0 aliphatic carbocycles. The number of halogens is 1. The second-order valence-electron chi connectivity index (χ2n) is 6.23. The van der Waals surface area contributed by atoms with Crippen molar-refractivity contribution in [2.24, 2.45) is 0 Å². The lowest BCUT2D eigenvalue weighted by atomic mass is 10.00. The Kier molecular flexibility index (Phi) is 4.85. The summed E-state index contributed by atoms with van der Waals surface area (Å²) < 4.78 is 1.14. The van der Waals surface area contributed by atoms with Crippen LogP contribution in [-0.2, 0) is 13.0 Å². The Morgan fingerprint density at radius 3 is 2.87 bits per heavy atom. The van der Waals surface area contributed by atoms with Gasteiger partial charge in [-0.15, -0.1) is 0 Å². The van der Waals surface area contributed by atoms with Gasteiger partial charge in [0.1, 0.15) is 5.82 Å². The Labute approximate surface area is 146 Å². The SMILES string of the molecule is CC[C@@H](C)Nc1nc(C)cc(N2CCc3ccc(Br)cc3C2)n1. The van der Waals surface area contributed by atoms with Crippen LogP contribution in [-0.4, -0.2) is 22.6 Å². The molecule has 0 amide bonds. The predicted molar refractivity (Wildman–Crippen MR) is 99.0 cm³/mol. The molecule has 122 valence electrons. The van der Waals surface area contributed by atoms with Gasteiger partial charge in [-0.25, -0.2) is 4.98 Å². The minimum Gasteiger partial charge on any atom is -0.352 e. The summed E-state index contributed by atoms with van der Waals surface area (Å²) in [6, 6.07) is 9.01. The van der Waals surface area contributed by atoms with Crippen LogP contribution in [0.3, 0.4) is 0 Å². The summed E-state index contributed by atoms with van der Waals surface area (Å²) in [5, 5.41) is 3.38. The van der Waals surface area contributed by atoms with Crippen LogP contribution < -0.4 is 10.2 Å². The second-order valence-corrected chi connectivity index (χ2v) is 7.15. The highest BCUT2D eigenvalue weighted by molar-refractivity contribution is 9.10. The van der Waals surface area contributed by atoms with Gasteiger partial charge >= 0.3 is 0 Å². The molecule has 2 heterocycles. The summed E-state index contributed by atoms with van der Waals surface area (Å²) in [6.45, 7) is 8.23. The van der Waals surface area contributed by atoms with Crippen LogP contribution in [0, 0.1) is 6.92 Å². The number of aryl methyl sites for hydroxylation is 1. The molecule has 3 rings (SSSR count). The van der Waals surface area contributed by atoms with Crippen LogP contribution in [0.15, 0.2) is 28.7 Å². The molecule has 1 N–H and O–H groups in total. The van der Waals surface area contributed by atoms with Gasteiger partial charge in [0.15, 0.2) is 0 Å². The number of nitrogens with zero attached hydrogens (tertiary/aromatic N) is 3. The number of hydrogen-bond donors (Lipinski definition) is 1. The van der Waals surface area contributed by atoms with Gasteiger partial charge in [0.25, 0.3) is 0 Å². The van der Waals surface area contributed by atoms with Gasteiger partial charge in [-0.3, -0.25) is 0 Å². The standard InChI is InChI=1S/C18H23BrN4/c1-4-12(2)20-18-21-13(3)9-17(22-18)23-8-7-14-5-6-16(19)10-15(14)11-23/h5-6,9-10,12H,4,7-8,11H2,1-3H3,(H,20,21,22)/t12-/m1/s1. The summed E-state index contributed by atoms with van der Waals surface area (Å²) in [4.78, 5) is 11.6. The third-order valence-electron chi connectivity index (χ3n) is 4.33. The average Bonchev–Trinajstić information content (AvgIpc) is 2.53. The van der Waals surface area contributed by atoms with Crippen LogP contribution in [0.2, 0.25) is 0 Å². The molecule has 0 unspecified atom stereocenters. The molecule has 1 aromatic carbocycles. The summed E-state index contributed by atoms with van der Waals surface area (Å²) in [5.74, 6) is 1.74. The highest BCUT2D eigenvalue weighted by atomic mass is 79.9. The van der Waals surface area contributed by atoms with Crippen molar-refractivity contribution in [3.8, 4) is 0 Å². The van der Waals surface area contributed by atoms with E-state index in [-0.39, 0.29) is 0 Å². The van der Waals surface area contributed by atoms with Crippen molar-refractivity contribution in [2.45, 2.75) is 46.2 Å². The minimum atomic E-state index is 0.377. The molecule has 0 spiro atoms. The molecule has 0 radical (unpaired) electrons. The van der Waals surface area contributed by atoms with Crippen LogP contribution in [0.5, 0.6) is 0 Å². The van der Waals surface area contributed by atoms with Gasteiger partial charge in [-0.05, 0) is 49.9 Å². The highest BCUT2D eigenvalue weighted by Crippen LogP contribution is 2.26. The first kappa shape index (κ1) is 16.2. The summed E-state index contributed by atoms with van der Waals surface area (Å²) in [7, 11) is 0. The van der Waals surface area contributed by atoms with Crippen molar-refractivity contribution < 1.29 is 0 Å². The Morgan fingerprint density at radius 2 is 2.09 bits per heavy atom. The molecule has 5 heteroatoms. The van der Waals surface area contributed by atoms with Crippen molar-refractivity contribution in [2.75, 3.05) is 16.8 Å². The molecule has 1 aliphatic rings. The Morgan fingerprint density at radius 1 is 1.26 bits per heavy atom. The minimum absolute atomic E-state index is 0.377. The molecule has 0 saturated carbocycles. The van der Waals surface area contributed by atoms with E-state index in [0.29, 0.717) is 6.04 Å².